The van der Waals surface area contributed by atoms with Gasteiger partial charge in [-0.25, -0.2) is 0 Å². The van der Waals surface area contributed by atoms with Crippen LogP contribution in [0.25, 0.3) is 6.08 Å². The van der Waals surface area contributed by atoms with Crippen molar-refractivity contribution >= 4 is 17.9 Å². The van der Waals surface area contributed by atoms with Gasteiger partial charge in [-0.15, -0.1) is 0 Å². The van der Waals surface area contributed by atoms with Gasteiger partial charge in [0, 0.05) is 31.8 Å². The molecular formula is C19H25N3O3. The van der Waals surface area contributed by atoms with Crippen LogP contribution in [0.3, 0.4) is 0 Å². The molecule has 6 heteroatoms. The van der Waals surface area contributed by atoms with E-state index in [1.807, 2.05) is 23.1 Å². The highest BCUT2D eigenvalue weighted by Crippen LogP contribution is 2.21. The number of carbonyl (C=O) groups excluding carboxylic acids is 2. The Labute approximate surface area is 148 Å². The van der Waals surface area contributed by atoms with E-state index in [1.165, 1.54) is 25.8 Å². The van der Waals surface area contributed by atoms with Gasteiger partial charge in [0.05, 0.1) is 0 Å². The van der Waals surface area contributed by atoms with Crippen LogP contribution in [0.2, 0.25) is 0 Å². The molecule has 6 nitrogen and oxygen atoms in total. The Hall–Kier alpha value is -2.34. The monoisotopic (exact) mass is 343 g/mol. The fraction of sp³-hybridized carbons (Fsp3) is 0.474. The number of hydrogen-bond acceptors (Lipinski definition) is 4. The van der Waals surface area contributed by atoms with Crippen LogP contribution in [0.5, 0.6) is 5.75 Å². The van der Waals surface area contributed by atoms with Gasteiger partial charge in [-0.1, -0.05) is 18.6 Å². The maximum Gasteiger partial charge on any atom is 0.255 e. The van der Waals surface area contributed by atoms with Gasteiger partial charge in [0.25, 0.3) is 5.91 Å². The van der Waals surface area contributed by atoms with Crippen LogP contribution in [0.15, 0.2) is 30.3 Å². The average Bonchev–Trinajstić information content (AvgIpc) is 2.64. The number of hydrogen-bond donors (Lipinski definition) is 1. The molecule has 2 amide bonds. The zero-order valence-electron chi connectivity index (χ0n) is 14.4. The number of piperidine rings is 1. The second-order valence-corrected chi connectivity index (χ2v) is 6.63. The van der Waals surface area contributed by atoms with Crippen LogP contribution in [-0.2, 0) is 9.59 Å². The smallest absolute Gasteiger partial charge is 0.255 e. The van der Waals surface area contributed by atoms with E-state index in [-0.39, 0.29) is 12.5 Å². The van der Waals surface area contributed by atoms with Crippen molar-refractivity contribution in [1.82, 2.24) is 9.80 Å². The van der Waals surface area contributed by atoms with Crippen molar-refractivity contribution in [2.75, 3.05) is 32.8 Å². The number of nitrogens with two attached hydrogens (primary N) is 1. The summed E-state index contributed by atoms with van der Waals surface area (Å²) >= 11 is 0. The van der Waals surface area contributed by atoms with Crippen LogP contribution in [0, 0.1) is 0 Å². The zero-order chi connectivity index (χ0) is 17.6. The van der Waals surface area contributed by atoms with Gasteiger partial charge in [0.15, 0.2) is 6.61 Å². The van der Waals surface area contributed by atoms with Crippen molar-refractivity contribution in [2.45, 2.75) is 25.3 Å². The summed E-state index contributed by atoms with van der Waals surface area (Å²) in [6.07, 6.45) is 7.19. The van der Waals surface area contributed by atoms with Crippen molar-refractivity contribution in [2.24, 2.45) is 5.73 Å². The van der Waals surface area contributed by atoms with E-state index < -0.39 is 5.91 Å². The highest BCUT2D eigenvalue weighted by molar-refractivity contribution is 5.91. The summed E-state index contributed by atoms with van der Waals surface area (Å²) in [4.78, 5) is 27.6. The summed E-state index contributed by atoms with van der Waals surface area (Å²) in [7, 11) is 0. The predicted molar refractivity (Wildman–Crippen MR) is 96.0 cm³/mol. The van der Waals surface area contributed by atoms with Gasteiger partial charge in [-0.3, -0.25) is 14.5 Å². The summed E-state index contributed by atoms with van der Waals surface area (Å²) in [5.74, 6) is 0.141. The summed E-state index contributed by atoms with van der Waals surface area (Å²) in [5, 5.41) is 0. The molecule has 0 aliphatic carbocycles. The normalized spacial score (nSPS) is 21.1. The van der Waals surface area contributed by atoms with E-state index in [2.05, 4.69) is 4.90 Å². The second kappa shape index (κ2) is 8.16. The van der Waals surface area contributed by atoms with Crippen molar-refractivity contribution < 1.29 is 14.3 Å². The van der Waals surface area contributed by atoms with E-state index >= 15 is 0 Å². The third-order valence-electron chi connectivity index (χ3n) is 4.83. The number of primary amides is 1. The molecule has 134 valence electrons. The first-order chi connectivity index (χ1) is 12.1. The van der Waals surface area contributed by atoms with E-state index in [1.54, 1.807) is 18.2 Å². The van der Waals surface area contributed by atoms with Gasteiger partial charge < -0.3 is 15.4 Å². The van der Waals surface area contributed by atoms with E-state index in [0.29, 0.717) is 11.8 Å². The molecule has 0 spiro atoms. The average molecular weight is 343 g/mol. The Kier molecular flexibility index (Phi) is 5.71. The summed E-state index contributed by atoms with van der Waals surface area (Å²) in [5.41, 5.74) is 5.96. The Morgan fingerprint density at radius 1 is 1.16 bits per heavy atom. The zero-order valence-corrected chi connectivity index (χ0v) is 14.4. The molecule has 0 radical (unpaired) electrons. The fourth-order valence-electron chi connectivity index (χ4n) is 3.46. The van der Waals surface area contributed by atoms with E-state index in [4.69, 9.17) is 10.5 Å². The first-order valence-electron chi connectivity index (χ1n) is 8.84. The summed E-state index contributed by atoms with van der Waals surface area (Å²) < 4.78 is 5.22. The molecule has 1 aromatic rings. The fourth-order valence-corrected chi connectivity index (χ4v) is 3.46. The highest BCUT2D eigenvalue weighted by Gasteiger charge is 2.30. The van der Waals surface area contributed by atoms with Gasteiger partial charge in [0.1, 0.15) is 5.75 Å². The molecule has 2 heterocycles. The molecule has 2 fully saturated rings. The number of fused-ring (bicyclic) bond motifs is 1. The molecule has 3 rings (SSSR count). The number of nitrogens with zero attached hydrogens (tertiary/aromatic N) is 2. The number of rotatable bonds is 5. The Morgan fingerprint density at radius 3 is 2.72 bits per heavy atom. The molecule has 0 saturated carbocycles. The molecule has 0 aromatic heterocycles. The lowest BCUT2D eigenvalue weighted by atomic mass is 9.99. The lowest BCUT2D eigenvalue weighted by Crippen LogP contribution is -2.55. The standard InChI is InChI=1S/C19H25N3O3/c20-18(23)14-25-17-7-4-15(5-8-17)6-9-19(24)22-12-11-21-10-2-1-3-16(21)13-22/h4-9,16H,1-3,10-14H2,(H2,20,23)/b9-6+. The molecule has 25 heavy (non-hydrogen) atoms. The van der Waals surface area contributed by atoms with Crippen molar-refractivity contribution in [3.8, 4) is 5.75 Å². The number of carbonyl (C=O) groups is 2. The third-order valence-corrected chi connectivity index (χ3v) is 4.83. The molecule has 1 atom stereocenters. The minimum Gasteiger partial charge on any atom is -0.484 e. The first kappa shape index (κ1) is 17.5. The maximum atomic E-state index is 12.4. The molecule has 2 aliphatic heterocycles. The maximum absolute atomic E-state index is 12.4. The largest absolute Gasteiger partial charge is 0.484 e. The number of benzene rings is 1. The van der Waals surface area contributed by atoms with Crippen molar-refractivity contribution in [3.63, 3.8) is 0 Å². The number of ether oxygens (including phenoxy) is 1. The van der Waals surface area contributed by atoms with Gasteiger partial charge in [-0.2, -0.15) is 0 Å². The molecule has 0 bridgehead atoms. The number of piperazine rings is 1. The Balaban J connectivity index is 1.52. The number of amides is 2. The Bertz CT molecular complexity index is 642. The van der Waals surface area contributed by atoms with Crippen molar-refractivity contribution in [1.29, 1.82) is 0 Å². The molecule has 2 N–H and O–H groups in total. The minimum atomic E-state index is -0.507. The lowest BCUT2D eigenvalue weighted by Gasteiger charge is -2.43. The summed E-state index contributed by atoms with van der Waals surface area (Å²) in [6.45, 7) is 3.66. The van der Waals surface area contributed by atoms with Crippen LogP contribution >= 0.6 is 0 Å². The first-order valence-corrected chi connectivity index (χ1v) is 8.84. The van der Waals surface area contributed by atoms with E-state index in [9.17, 15) is 9.59 Å². The summed E-state index contributed by atoms with van der Waals surface area (Å²) in [6, 6.07) is 7.74. The topological polar surface area (TPSA) is 75.9 Å². The predicted octanol–water partition coefficient (Wildman–Crippen LogP) is 1.26. The van der Waals surface area contributed by atoms with Gasteiger partial charge in [-0.05, 0) is 43.2 Å². The quantitative estimate of drug-likeness (QED) is 0.817. The van der Waals surface area contributed by atoms with Gasteiger partial charge >= 0.3 is 0 Å². The molecule has 1 aromatic carbocycles. The third kappa shape index (κ3) is 4.82. The van der Waals surface area contributed by atoms with Crippen LogP contribution < -0.4 is 10.5 Å². The molecule has 2 saturated heterocycles. The molecular weight excluding hydrogens is 318 g/mol. The highest BCUT2D eigenvalue weighted by atomic mass is 16.5. The van der Waals surface area contributed by atoms with Crippen LogP contribution in [-0.4, -0.2) is 60.4 Å². The van der Waals surface area contributed by atoms with Crippen LogP contribution in [0.4, 0.5) is 0 Å². The second-order valence-electron chi connectivity index (χ2n) is 6.63. The van der Waals surface area contributed by atoms with Crippen LogP contribution in [0.1, 0.15) is 24.8 Å². The molecule has 1 unspecified atom stereocenters. The SMILES string of the molecule is NC(=O)COc1ccc(/C=C/C(=O)N2CCN3CCCCC3C2)cc1. The molecule has 2 aliphatic rings. The minimum absolute atomic E-state index is 0.0688. The van der Waals surface area contributed by atoms with Crippen molar-refractivity contribution in [3.05, 3.63) is 35.9 Å². The lowest BCUT2D eigenvalue weighted by molar-refractivity contribution is -0.129. The Morgan fingerprint density at radius 2 is 1.96 bits per heavy atom. The van der Waals surface area contributed by atoms with Gasteiger partial charge in [0.2, 0.25) is 5.91 Å². The van der Waals surface area contributed by atoms with E-state index in [0.717, 1.165) is 25.2 Å².